The van der Waals surface area contributed by atoms with Gasteiger partial charge in [-0.3, -0.25) is 4.68 Å². The van der Waals surface area contributed by atoms with E-state index in [9.17, 15) is 4.79 Å². The van der Waals surface area contributed by atoms with E-state index in [1.54, 1.807) is 12.5 Å². The molecule has 3 aromatic rings. The lowest BCUT2D eigenvalue weighted by Crippen LogP contribution is -2.44. The van der Waals surface area contributed by atoms with Crippen LogP contribution in [0.3, 0.4) is 0 Å². The van der Waals surface area contributed by atoms with Gasteiger partial charge in [-0.1, -0.05) is 30.3 Å². The molecule has 0 radical (unpaired) electrons. The monoisotopic (exact) mass is 390 g/mol. The minimum Gasteiger partial charge on any atom is -0.338 e. The Morgan fingerprint density at radius 3 is 2.69 bits per heavy atom. The average Bonchev–Trinajstić information content (AvgIpc) is 3.26. The third-order valence-corrected chi connectivity index (χ3v) is 5.43. The predicted molar refractivity (Wildman–Crippen MR) is 111 cm³/mol. The van der Waals surface area contributed by atoms with Crippen LogP contribution in [0.4, 0.5) is 4.79 Å². The van der Waals surface area contributed by atoms with Crippen LogP contribution in [0.1, 0.15) is 37.3 Å². The molecule has 0 atom stereocenters. The van der Waals surface area contributed by atoms with Crippen molar-refractivity contribution in [2.24, 2.45) is 0 Å². The standard InChI is InChI=1S/C22H26N6O/c29-22(24-13-10-17-4-2-1-3-5-17)27-19-6-8-20(9-7-19)28-15-18(14-26-28)21-11-12-23-16-25-21/h1-5,11-12,14-16,19-20H,6-10,13H2,(H2,24,27,29). The maximum atomic E-state index is 12.2. The SMILES string of the molecule is O=C(NCCc1ccccc1)NC1CCC(n2cc(-c3ccncn3)cn2)CC1. The van der Waals surface area contributed by atoms with Crippen molar-refractivity contribution < 1.29 is 4.79 Å². The zero-order valence-electron chi connectivity index (χ0n) is 16.4. The molecule has 0 saturated heterocycles. The summed E-state index contributed by atoms with van der Waals surface area (Å²) < 4.78 is 2.04. The summed E-state index contributed by atoms with van der Waals surface area (Å²) in [6.07, 6.45) is 12.0. The summed E-state index contributed by atoms with van der Waals surface area (Å²) in [5.41, 5.74) is 3.12. The second-order valence-corrected chi connectivity index (χ2v) is 7.44. The molecule has 1 fully saturated rings. The molecule has 1 aliphatic rings. The number of urea groups is 1. The molecule has 0 unspecified atom stereocenters. The number of hydrogen-bond donors (Lipinski definition) is 2. The molecule has 29 heavy (non-hydrogen) atoms. The molecule has 2 aromatic heterocycles. The summed E-state index contributed by atoms with van der Waals surface area (Å²) >= 11 is 0. The van der Waals surface area contributed by atoms with Gasteiger partial charge < -0.3 is 10.6 Å². The molecule has 2 heterocycles. The fourth-order valence-electron chi connectivity index (χ4n) is 3.82. The Labute approximate surface area is 170 Å². The van der Waals surface area contributed by atoms with Crippen molar-refractivity contribution in [1.29, 1.82) is 0 Å². The molecule has 7 nitrogen and oxygen atoms in total. The molecular formula is C22H26N6O. The van der Waals surface area contributed by atoms with E-state index in [0.29, 0.717) is 12.6 Å². The van der Waals surface area contributed by atoms with Gasteiger partial charge in [0.2, 0.25) is 0 Å². The predicted octanol–water partition coefficient (Wildman–Crippen LogP) is 3.37. The van der Waals surface area contributed by atoms with E-state index in [0.717, 1.165) is 43.4 Å². The summed E-state index contributed by atoms with van der Waals surface area (Å²) in [4.78, 5) is 20.4. The van der Waals surface area contributed by atoms with Crippen LogP contribution in [-0.2, 0) is 6.42 Å². The fraction of sp³-hybridized carbons (Fsp3) is 0.364. The normalized spacial score (nSPS) is 18.9. The highest BCUT2D eigenvalue weighted by Crippen LogP contribution is 2.29. The number of carbonyl (C=O) groups excluding carboxylic acids is 1. The maximum absolute atomic E-state index is 12.2. The first-order valence-electron chi connectivity index (χ1n) is 10.2. The van der Waals surface area contributed by atoms with Crippen LogP contribution in [0.25, 0.3) is 11.3 Å². The van der Waals surface area contributed by atoms with E-state index in [1.165, 1.54) is 5.56 Å². The molecule has 1 aromatic carbocycles. The molecule has 0 bridgehead atoms. The average molecular weight is 390 g/mol. The Balaban J connectivity index is 1.20. The van der Waals surface area contributed by atoms with E-state index in [4.69, 9.17) is 0 Å². The maximum Gasteiger partial charge on any atom is 0.315 e. The second kappa shape index (κ2) is 9.32. The van der Waals surface area contributed by atoms with E-state index in [-0.39, 0.29) is 12.1 Å². The lowest BCUT2D eigenvalue weighted by Gasteiger charge is -2.29. The number of nitrogens with zero attached hydrogens (tertiary/aromatic N) is 4. The Morgan fingerprint density at radius 1 is 1.10 bits per heavy atom. The molecular weight excluding hydrogens is 364 g/mol. The topological polar surface area (TPSA) is 84.7 Å². The van der Waals surface area contributed by atoms with Crippen LogP contribution >= 0.6 is 0 Å². The molecule has 1 saturated carbocycles. The van der Waals surface area contributed by atoms with Crippen molar-refractivity contribution in [3.8, 4) is 11.3 Å². The number of nitrogens with one attached hydrogen (secondary N) is 2. The highest BCUT2D eigenvalue weighted by atomic mass is 16.2. The molecule has 2 amide bonds. The number of benzene rings is 1. The molecule has 7 heteroatoms. The molecule has 0 aliphatic heterocycles. The van der Waals surface area contributed by atoms with Crippen molar-refractivity contribution >= 4 is 6.03 Å². The highest BCUT2D eigenvalue weighted by Gasteiger charge is 2.24. The van der Waals surface area contributed by atoms with E-state index in [1.807, 2.05) is 35.1 Å². The van der Waals surface area contributed by atoms with E-state index >= 15 is 0 Å². The Morgan fingerprint density at radius 2 is 1.93 bits per heavy atom. The Kier molecular flexibility index (Phi) is 6.14. The summed E-state index contributed by atoms with van der Waals surface area (Å²) in [6.45, 7) is 0.643. The lowest BCUT2D eigenvalue weighted by atomic mass is 9.91. The van der Waals surface area contributed by atoms with Crippen molar-refractivity contribution in [1.82, 2.24) is 30.4 Å². The quantitative estimate of drug-likeness (QED) is 0.676. The van der Waals surface area contributed by atoms with Gasteiger partial charge in [-0.15, -0.1) is 0 Å². The number of amides is 2. The third kappa shape index (κ3) is 5.19. The van der Waals surface area contributed by atoms with Crippen LogP contribution in [-0.4, -0.2) is 38.4 Å². The molecule has 4 rings (SSSR count). The lowest BCUT2D eigenvalue weighted by molar-refractivity contribution is 0.225. The van der Waals surface area contributed by atoms with Crippen LogP contribution in [0.2, 0.25) is 0 Å². The van der Waals surface area contributed by atoms with Gasteiger partial charge in [0.1, 0.15) is 6.33 Å². The largest absolute Gasteiger partial charge is 0.338 e. The highest BCUT2D eigenvalue weighted by molar-refractivity contribution is 5.74. The molecule has 2 N–H and O–H groups in total. The molecule has 150 valence electrons. The number of aromatic nitrogens is 4. The van der Waals surface area contributed by atoms with Crippen molar-refractivity contribution in [2.75, 3.05) is 6.54 Å². The number of rotatable bonds is 6. The van der Waals surface area contributed by atoms with Crippen LogP contribution in [0.5, 0.6) is 0 Å². The zero-order chi connectivity index (χ0) is 19.9. The number of carbonyl (C=O) groups is 1. The summed E-state index contributed by atoms with van der Waals surface area (Å²) in [7, 11) is 0. The van der Waals surface area contributed by atoms with Gasteiger partial charge in [0.05, 0.1) is 17.9 Å². The minimum absolute atomic E-state index is 0.0745. The smallest absolute Gasteiger partial charge is 0.315 e. The first-order valence-corrected chi connectivity index (χ1v) is 10.2. The van der Waals surface area contributed by atoms with Crippen LogP contribution in [0.15, 0.2) is 61.3 Å². The molecule has 0 spiro atoms. The van der Waals surface area contributed by atoms with Gasteiger partial charge in [-0.25, -0.2) is 14.8 Å². The third-order valence-electron chi connectivity index (χ3n) is 5.43. The summed E-state index contributed by atoms with van der Waals surface area (Å²) in [5, 5.41) is 10.6. The fourth-order valence-corrected chi connectivity index (χ4v) is 3.82. The van der Waals surface area contributed by atoms with Crippen LogP contribution in [0, 0.1) is 0 Å². The summed E-state index contributed by atoms with van der Waals surface area (Å²) in [6, 6.07) is 12.6. The number of hydrogen-bond acceptors (Lipinski definition) is 4. The molecule has 1 aliphatic carbocycles. The Bertz CT molecular complexity index is 903. The van der Waals surface area contributed by atoms with Gasteiger partial charge in [0.15, 0.2) is 0 Å². The first kappa shape index (κ1) is 19.1. The van der Waals surface area contributed by atoms with Crippen molar-refractivity contribution in [3.05, 3.63) is 66.9 Å². The second-order valence-electron chi connectivity index (χ2n) is 7.44. The van der Waals surface area contributed by atoms with Gasteiger partial charge in [-0.05, 0) is 43.7 Å². The van der Waals surface area contributed by atoms with Crippen molar-refractivity contribution in [2.45, 2.75) is 44.2 Å². The summed E-state index contributed by atoms with van der Waals surface area (Å²) in [5.74, 6) is 0. The van der Waals surface area contributed by atoms with E-state index < -0.39 is 0 Å². The van der Waals surface area contributed by atoms with Gasteiger partial charge in [0.25, 0.3) is 0 Å². The van der Waals surface area contributed by atoms with Crippen LogP contribution < -0.4 is 10.6 Å². The van der Waals surface area contributed by atoms with Gasteiger partial charge in [0, 0.05) is 30.5 Å². The first-order chi connectivity index (χ1) is 14.3. The van der Waals surface area contributed by atoms with Gasteiger partial charge >= 0.3 is 6.03 Å². The van der Waals surface area contributed by atoms with Crippen molar-refractivity contribution in [3.63, 3.8) is 0 Å². The van der Waals surface area contributed by atoms with Gasteiger partial charge in [-0.2, -0.15) is 5.10 Å². The Hall–Kier alpha value is -3.22. The minimum atomic E-state index is -0.0745. The zero-order valence-corrected chi connectivity index (χ0v) is 16.4. The van der Waals surface area contributed by atoms with E-state index in [2.05, 4.69) is 44.0 Å².